The zero-order valence-electron chi connectivity index (χ0n) is 16.0. The second-order valence-corrected chi connectivity index (χ2v) is 6.33. The van der Waals surface area contributed by atoms with E-state index in [1.54, 1.807) is 28.4 Å². The molecule has 0 aromatic heterocycles. The van der Waals surface area contributed by atoms with Crippen molar-refractivity contribution in [1.82, 2.24) is 0 Å². The summed E-state index contributed by atoms with van der Waals surface area (Å²) >= 11 is 0. The van der Waals surface area contributed by atoms with Crippen LogP contribution in [0.2, 0.25) is 0 Å². The van der Waals surface area contributed by atoms with Gasteiger partial charge in [0.2, 0.25) is 0 Å². The second-order valence-electron chi connectivity index (χ2n) is 6.33. The van der Waals surface area contributed by atoms with E-state index in [0.29, 0.717) is 0 Å². The molecule has 2 aromatic carbocycles. The Bertz CT molecular complexity index is 920. The molecule has 0 radical (unpaired) electrons. The van der Waals surface area contributed by atoms with Crippen molar-refractivity contribution in [3.63, 3.8) is 0 Å². The average Bonchev–Trinajstić information content (AvgIpc) is 2.68. The van der Waals surface area contributed by atoms with Crippen LogP contribution in [0.5, 0.6) is 23.0 Å². The Morgan fingerprint density at radius 2 is 1.42 bits per heavy atom. The molecular formula is C21H26NO4+. The molecule has 0 fully saturated rings. The van der Waals surface area contributed by atoms with Crippen molar-refractivity contribution in [1.29, 1.82) is 0 Å². The van der Waals surface area contributed by atoms with Gasteiger partial charge in [0, 0.05) is 11.6 Å². The molecule has 1 N–H and O–H groups in total. The molecule has 5 heteroatoms. The summed E-state index contributed by atoms with van der Waals surface area (Å²) in [5.74, 6) is 3.00. The van der Waals surface area contributed by atoms with E-state index in [0.717, 1.165) is 36.0 Å². The van der Waals surface area contributed by atoms with Gasteiger partial charge in [-0.25, -0.2) is 0 Å². The molecule has 1 aliphatic heterocycles. The van der Waals surface area contributed by atoms with Crippen LogP contribution in [0.25, 0.3) is 11.8 Å². The van der Waals surface area contributed by atoms with Crippen LogP contribution >= 0.6 is 0 Å². The number of benzene rings is 2. The fourth-order valence-corrected chi connectivity index (χ4v) is 3.38. The summed E-state index contributed by atoms with van der Waals surface area (Å²) in [6.45, 7) is 0.936. The number of quaternary nitrogens is 1. The zero-order chi connectivity index (χ0) is 18.7. The first-order valence-electron chi connectivity index (χ1n) is 8.60. The molecule has 5 nitrogen and oxygen atoms in total. The lowest BCUT2D eigenvalue weighted by molar-refractivity contribution is -0.797. The van der Waals surface area contributed by atoms with E-state index in [2.05, 4.69) is 31.3 Å². The van der Waals surface area contributed by atoms with Crippen LogP contribution in [-0.4, -0.2) is 42.0 Å². The number of likely N-dealkylation sites (N-methyl/N-ethyl adjacent to an activating group) is 1. The molecule has 0 aliphatic carbocycles. The van der Waals surface area contributed by atoms with E-state index in [9.17, 15) is 0 Å². The first-order chi connectivity index (χ1) is 12.6. The van der Waals surface area contributed by atoms with E-state index >= 15 is 0 Å². The fourth-order valence-electron chi connectivity index (χ4n) is 3.38. The van der Waals surface area contributed by atoms with Crippen molar-refractivity contribution in [3.05, 3.63) is 46.3 Å². The third kappa shape index (κ3) is 3.35. The molecule has 1 heterocycles. The third-order valence-electron chi connectivity index (χ3n) is 4.85. The lowest BCUT2D eigenvalue weighted by Gasteiger charge is -2.20. The Morgan fingerprint density at radius 1 is 0.808 bits per heavy atom. The Hall–Kier alpha value is -2.66. The first-order valence-corrected chi connectivity index (χ1v) is 8.60. The monoisotopic (exact) mass is 356 g/mol. The maximum atomic E-state index is 5.50. The number of nitrogens with one attached hydrogen (secondary N) is 1. The van der Waals surface area contributed by atoms with Crippen molar-refractivity contribution >= 4 is 11.8 Å². The van der Waals surface area contributed by atoms with Crippen LogP contribution in [0, 0.1) is 0 Å². The molecule has 3 rings (SSSR count). The lowest BCUT2D eigenvalue weighted by atomic mass is 10.0. The molecule has 1 aliphatic rings. The summed E-state index contributed by atoms with van der Waals surface area (Å²) < 4.78 is 21.7. The molecule has 26 heavy (non-hydrogen) atoms. The highest BCUT2D eigenvalue weighted by molar-refractivity contribution is 5.53. The normalized spacial score (nSPS) is 15.7. The summed E-state index contributed by atoms with van der Waals surface area (Å²) in [5.41, 5.74) is 2.50. The summed E-state index contributed by atoms with van der Waals surface area (Å²) in [4.78, 5) is 1.36. The Balaban J connectivity index is 2.11. The van der Waals surface area contributed by atoms with Gasteiger partial charge in [-0.05, 0) is 41.1 Å². The van der Waals surface area contributed by atoms with Crippen molar-refractivity contribution in [2.45, 2.75) is 6.42 Å². The summed E-state index contributed by atoms with van der Waals surface area (Å²) in [6, 6.07) is 10.2. The number of fused-ring (bicyclic) bond motifs is 1. The highest BCUT2D eigenvalue weighted by Gasteiger charge is 2.19. The van der Waals surface area contributed by atoms with Gasteiger partial charge in [0.25, 0.3) is 0 Å². The summed E-state index contributed by atoms with van der Waals surface area (Å²) in [7, 11) is 8.83. The Labute approximate surface area is 154 Å². The minimum absolute atomic E-state index is 0.741. The van der Waals surface area contributed by atoms with E-state index in [1.807, 2.05) is 12.1 Å². The van der Waals surface area contributed by atoms with Gasteiger partial charge in [-0.15, -0.1) is 0 Å². The molecule has 1 unspecified atom stereocenters. The average molecular weight is 356 g/mol. The smallest absolute Gasteiger partial charge is 0.161 e. The Kier molecular flexibility index (Phi) is 5.38. The van der Waals surface area contributed by atoms with Crippen LogP contribution in [0.4, 0.5) is 0 Å². The summed E-state index contributed by atoms with van der Waals surface area (Å²) in [5, 5.41) is 2.38. The lowest BCUT2D eigenvalue weighted by Crippen LogP contribution is -3.08. The van der Waals surface area contributed by atoms with Gasteiger partial charge in [-0.3, -0.25) is 0 Å². The number of methoxy groups -OCH3 is 4. The largest absolute Gasteiger partial charge is 0.493 e. The topological polar surface area (TPSA) is 41.4 Å². The highest BCUT2D eigenvalue weighted by Crippen LogP contribution is 2.28. The zero-order valence-corrected chi connectivity index (χ0v) is 16.0. The minimum Gasteiger partial charge on any atom is -0.493 e. The van der Waals surface area contributed by atoms with Gasteiger partial charge in [-0.2, -0.15) is 0 Å². The minimum atomic E-state index is 0.741. The number of hydrogen-bond acceptors (Lipinski definition) is 4. The highest BCUT2D eigenvalue weighted by atomic mass is 16.5. The van der Waals surface area contributed by atoms with Gasteiger partial charge in [-0.1, -0.05) is 6.07 Å². The quantitative estimate of drug-likeness (QED) is 0.813. The van der Waals surface area contributed by atoms with E-state index < -0.39 is 0 Å². The maximum Gasteiger partial charge on any atom is 0.161 e. The van der Waals surface area contributed by atoms with E-state index in [4.69, 9.17) is 18.9 Å². The summed E-state index contributed by atoms with van der Waals surface area (Å²) in [6.07, 6.45) is 3.06. The third-order valence-corrected chi connectivity index (χ3v) is 4.85. The van der Waals surface area contributed by atoms with Gasteiger partial charge in [0.05, 0.1) is 35.5 Å². The van der Waals surface area contributed by atoms with Gasteiger partial charge < -0.3 is 23.8 Å². The van der Waals surface area contributed by atoms with Crippen LogP contribution in [0.1, 0.15) is 5.56 Å². The maximum absolute atomic E-state index is 5.50. The number of ether oxygens (including phenoxy) is 4. The molecule has 1 atom stereocenters. The SMILES string of the molecule is COc1ccc(CC2=c3cc(OC)c(OC)cc3=CC[NH+]2C)cc1OC. The second kappa shape index (κ2) is 7.70. The molecule has 0 saturated heterocycles. The van der Waals surface area contributed by atoms with Gasteiger partial charge in [0.15, 0.2) is 23.0 Å². The van der Waals surface area contributed by atoms with Crippen molar-refractivity contribution in [3.8, 4) is 23.0 Å². The molecule has 0 amide bonds. The van der Waals surface area contributed by atoms with Crippen molar-refractivity contribution < 1.29 is 23.8 Å². The number of rotatable bonds is 6. The molecule has 0 spiro atoms. The van der Waals surface area contributed by atoms with E-state index in [1.165, 1.54) is 26.6 Å². The molecule has 138 valence electrons. The van der Waals surface area contributed by atoms with Crippen LogP contribution < -0.4 is 34.3 Å². The van der Waals surface area contributed by atoms with Gasteiger partial charge >= 0.3 is 0 Å². The molecule has 0 bridgehead atoms. The van der Waals surface area contributed by atoms with Crippen LogP contribution in [0.3, 0.4) is 0 Å². The Morgan fingerprint density at radius 3 is 2.08 bits per heavy atom. The predicted molar refractivity (Wildman–Crippen MR) is 102 cm³/mol. The standard InChI is InChI=1S/C21H25NO4/c1-22-9-8-15-12-20(25-4)21(26-5)13-16(15)17(22)10-14-6-7-18(23-2)19(11-14)24-3/h6-8,11-13H,9-10H2,1-5H3/p+1. The molecular weight excluding hydrogens is 330 g/mol. The molecule has 0 saturated carbocycles. The van der Waals surface area contributed by atoms with Crippen molar-refractivity contribution in [2.24, 2.45) is 0 Å². The van der Waals surface area contributed by atoms with Crippen LogP contribution in [0.15, 0.2) is 30.3 Å². The first kappa shape index (κ1) is 18.1. The van der Waals surface area contributed by atoms with Gasteiger partial charge in [0.1, 0.15) is 12.2 Å². The van der Waals surface area contributed by atoms with Crippen molar-refractivity contribution in [2.75, 3.05) is 42.0 Å². The van der Waals surface area contributed by atoms with Crippen LogP contribution in [-0.2, 0) is 6.42 Å². The predicted octanol–water partition coefficient (Wildman–Crippen LogP) is 0.381. The van der Waals surface area contributed by atoms with E-state index in [-0.39, 0.29) is 0 Å². The number of hydrogen-bond donors (Lipinski definition) is 1. The fraction of sp³-hybridized carbons (Fsp3) is 0.333. The molecule has 2 aromatic rings.